The zero-order valence-electron chi connectivity index (χ0n) is 12.6. The first kappa shape index (κ1) is 15.2. The van der Waals surface area contributed by atoms with Gasteiger partial charge < -0.3 is 10.1 Å². The number of benzene rings is 2. The van der Waals surface area contributed by atoms with Crippen LogP contribution in [0.4, 0.5) is 8.78 Å². The molecule has 0 radical (unpaired) electrons. The quantitative estimate of drug-likeness (QED) is 0.939. The normalized spacial score (nSPS) is 17.8. The number of piperazine rings is 1. The first-order valence-corrected chi connectivity index (χ1v) is 7.49. The van der Waals surface area contributed by atoms with Crippen molar-refractivity contribution in [2.45, 2.75) is 12.5 Å². The molecule has 5 heteroatoms. The Morgan fingerprint density at radius 1 is 1.05 bits per heavy atom. The second kappa shape index (κ2) is 6.58. The van der Waals surface area contributed by atoms with Gasteiger partial charge in [-0.3, -0.25) is 4.90 Å². The molecule has 0 aliphatic carbocycles. The zero-order chi connectivity index (χ0) is 15.5. The molecular formula is C17H20F2N2O. The third-order valence-electron chi connectivity index (χ3n) is 4.20. The highest BCUT2D eigenvalue weighted by Gasteiger charge is 2.30. The van der Waals surface area contributed by atoms with Crippen molar-refractivity contribution in [1.82, 2.24) is 10.2 Å². The van der Waals surface area contributed by atoms with Crippen LogP contribution in [0, 0.1) is 0 Å². The number of alkyl halides is 2. The number of halogens is 2. The average Bonchev–Trinajstić information content (AvgIpc) is 2.55. The highest BCUT2D eigenvalue weighted by atomic mass is 19.3. The molecule has 1 heterocycles. The molecule has 1 atom stereocenters. The molecule has 0 aromatic heterocycles. The summed E-state index contributed by atoms with van der Waals surface area (Å²) in [5, 5.41) is 5.16. The summed E-state index contributed by atoms with van der Waals surface area (Å²) in [7, 11) is 1.62. The van der Waals surface area contributed by atoms with Gasteiger partial charge in [-0.2, -0.15) is 0 Å². The van der Waals surface area contributed by atoms with Crippen LogP contribution in [0.1, 0.15) is 11.6 Å². The minimum atomic E-state index is -2.39. The molecular weight excluding hydrogens is 286 g/mol. The number of hydrogen-bond donors (Lipinski definition) is 1. The number of hydrogen-bond acceptors (Lipinski definition) is 3. The van der Waals surface area contributed by atoms with E-state index < -0.39 is 12.5 Å². The van der Waals surface area contributed by atoms with Crippen molar-refractivity contribution in [1.29, 1.82) is 0 Å². The fourth-order valence-corrected chi connectivity index (χ4v) is 3.03. The lowest BCUT2D eigenvalue weighted by Gasteiger charge is -2.34. The smallest absolute Gasteiger partial charge is 0.258 e. The Bertz CT molecular complexity index is 642. The standard InChI is InChI=1S/C17H20F2N2O/c1-22-15-5-4-12-10-14(3-2-13(12)11-15)16(17(18)19)21-8-6-20-7-9-21/h2-5,10-11,16-17,20H,6-9H2,1H3/t16-/m1/s1. The minimum Gasteiger partial charge on any atom is -0.497 e. The maximum absolute atomic E-state index is 13.6. The number of rotatable bonds is 4. The molecule has 0 amide bonds. The lowest BCUT2D eigenvalue weighted by atomic mass is 10.00. The summed E-state index contributed by atoms with van der Waals surface area (Å²) in [6.45, 7) is 2.81. The molecule has 1 fully saturated rings. The molecule has 0 spiro atoms. The highest BCUT2D eigenvalue weighted by molar-refractivity contribution is 5.84. The maximum atomic E-state index is 13.6. The van der Waals surface area contributed by atoms with Crippen LogP contribution in [0.2, 0.25) is 0 Å². The van der Waals surface area contributed by atoms with Crippen LogP contribution in [0.15, 0.2) is 36.4 Å². The fraction of sp³-hybridized carbons (Fsp3) is 0.412. The molecule has 22 heavy (non-hydrogen) atoms. The Labute approximate surface area is 128 Å². The Morgan fingerprint density at radius 2 is 1.73 bits per heavy atom. The van der Waals surface area contributed by atoms with Gasteiger partial charge in [-0.1, -0.05) is 18.2 Å². The predicted molar refractivity (Wildman–Crippen MR) is 83.7 cm³/mol. The summed E-state index contributed by atoms with van der Waals surface area (Å²) in [6, 6.07) is 10.4. The van der Waals surface area contributed by atoms with Gasteiger partial charge in [-0.05, 0) is 34.5 Å². The van der Waals surface area contributed by atoms with E-state index in [1.54, 1.807) is 13.2 Å². The van der Waals surface area contributed by atoms with Gasteiger partial charge in [-0.15, -0.1) is 0 Å². The number of fused-ring (bicyclic) bond motifs is 1. The Balaban J connectivity index is 1.95. The SMILES string of the molecule is COc1ccc2cc([C@H](C(F)F)N3CCNCC3)ccc2c1. The molecule has 3 nitrogen and oxygen atoms in total. The molecule has 118 valence electrons. The highest BCUT2D eigenvalue weighted by Crippen LogP contribution is 2.31. The molecule has 2 aromatic rings. The van der Waals surface area contributed by atoms with E-state index in [9.17, 15) is 8.78 Å². The van der Waals surface area contributed by atoms with Gasteiger partial charge >= 0.3 is 0 Å². The van der Waals surface area contributed by atoms with Gasteiger partial charge in [0, 0.05) is 26.2 Å². The topological polar surface area (TPSA) is 24.5 Å². The zero-order valence-corrected chi connectivity index (χ0v) is 12.6. The molecule has 2 aromatic carbocycles. The fourth-order valence-electron chi connectivity index (χ4n) is 3.03. The second-order valence-corrected chi connectivity index (χ2v) is 5.54. The Kier molecular flexibility index (Phi) is 4.55. The number of nitrogens with zero attached hydrogens (tertiary/aromatic N) is 1. The van der Waals surface area contributed by atoms with Gasteiger partial charge in [0.25, 0.3) is 6.43 Å². The first-order chi connectivity index (χ1) is 10.7. The van der Waals surface area contributed by atoms with Crippen LogP contribution < -0.4 is 10.1 Å². The Morgan fingerprint density at radius 3 is 2.41 bits per heavy atom. The van der Waals surface area contributed by atoms with E-state index in [4.69, 9.17) is 4.74 Å². The van der Waals surface area contributed by atoms with Crippen LogP contribution in [0.25, 0.3) is 10.8 Å². The first-order valence-electron chi connectivity index (χ1n) is 7.49. The van der Waals surface area contributed by atoms with Crippen LogP contribution in [-0.2, 0) is 0 Å². The van der Waals surface area contributed by atoms with E-state index in [1.165, 1.54) is 0 Å². The van der Waals surface area contributed by atoms with Crippen LogP contribution in [0.3, 0.4) is 0 Å². The predicted octanol–water partition coefficient (Wildman–Crippen LogP) is 3.06. The summed E-state index contributed by atoms with van der Waals surface area (Å²) in [5.41, 5.74) is 0.676. The van der Waals surface area contributed by atoms with E-state index in [0.29, 0.717) is 18.7 Å². The van der Waals surface area contributed by atoms with Crippen molar-refractivity contribution in [2.75, 3.05) is 33.3 Å². The summed E-state index contributed by atoms with van der Waals surface area (Å²) in [6.07, 6.45) is -2.39. The van der Waals surface area contributed by atoms with Crippen molar-refractivity contribution >= 4 is 10.8 Å². The van der Waals surface area contributed by atoms with Gasteiger partial charge in [-0.25, -0.2) is 8.78 Å². The Hall–Kier alpha value is -1.72. The lowest BCUT2D eigenvalue weighted by molar-refractivity contribution is 0.0182. The minimum absolute atomic E-state index is 0.648. The molecule has 1 aliphatic heterocycles. The molecule has 0 bridgehead atoms. The van der Waals surface area contributed by atoms with Crippen molar-refractivity contribution in [2.24, 2.45) is 0 Å². The molecule has 0 unspecified atom stereocenters. The summed E-state index contributed by atoms with van der Waals surface area (Å²) < 4.78 is 32.4. The number of nitrogens with one attached hydrogen (secondary N) is 1. The molecule has 0 saturated carbocycles. The van der Waals surface area contributed by atoms with Gasteiger partial charge in [0.2, 0.25) is 0 Å². The summed E-state index contributed by atoms with van der Waals surface area (Å²) in [5.74, 6) is 0.771. The van der Waals surface area contributed by atoms with Gasteiger partial charge in [0.1, 0.15) is 5.75 Å². The van der Waals surface area contributed by atoms with E-state index in [-0.39, 0.29) is 0 Å². The van der Waals surface area contributed by atoms with E-state index in [0.717, 1.165) is 29.6 Å². The van der Waals surface area contributed by atoms with E-state index in [1.807, 2.05) is 35.2 Å². The third kappa shape index (κ3) is 3.05. The van der Waals surface area contributed by atoms with E-state index >= 15 is 0 Å². The van der Waals surface area contributed by atoms with Crippen molar-refractivity contribution in [3.63, 3.8) is 0 Å². The molecule has 1 N–H and O–H groups in total. The van der Waals surface area contributed by atoms with E-state index in [2.05, 4.69) is 5.32 Å². The molecule has 1 saturated heterocycles. The third-order valence-corrected chi connectivity index (χ3v) is 4.20. The van der Waals surface area contributed by atoms with Crippen LogP contribution in [-0.4, -0.2) is 44.6 Å². The average molecular weight is 306 g/mol. The molecule has 1 aliphatic rings. The second-order valence-electron chi connectivity index (χ2n) is 5.54. The molecule has 3 rings (SSSR count). The maximum Gasteiger partial charge on any atom is 0.258 e. The number of ether oxygens (including phenoxy) is 1. The largest absolute Gasteiger partial charge is 0.497 e. The van der Waals surface area contributed by atoms with Gasteiger partial charge in [0.05, 0.1) is 13.2 Å². The van der Waals surface area contributed by atoms with Gasteiger partial charge in [0.15, 0.2) is 0 Å². The van der Waals surface area contributed by atoms with Crippen LogP contribution >= 0.6 is 0 Å². The number of methoxy groups -OCH3 is 1. The van der Waals surface area contributed by atoms with Crippen LogP contribution in [0.5, 0.6) is 5.75 Å². The van der Waals surface area contributed by atoms with Crippen molar-refractivity contribution < 1.29 is 13.5 Å². The monoisotopic (exact) mass is 306 g/mol. The van der Waals surface area contributed by atoms with Crippen molar-refractivity contribution in [3.05, 3.63) is 42.0 Å². The lowest BCUT2D eigenvalue weighted by Crippen LogP contribution is -2.46. The van der Waals surface area contributed by atoms with Crippen molar-refractivity contribution in [3.8, 4) is 5.75 Å². The summed E-state index contributed by atoms with van der Waals surface area (Å²) >= 11 is 0. The summed E-state index contributed by atoms with van der Waals surface area (Å²) in [4.78, 5) is 1.87.